The van der Waals surface area contributed by atoms with Gasteiger partial charge in [0, 0.05) is 0 Å². The molecule has 2 rings (SSSR count). The topological polar surface area (TPSA) is 9.23 Å². The molecule has 0 aromatic carbocycles. The highest BCUT2D eigenvalue weighted by molar-refractivity contribution is 4.90. The fourth-order valence-corrected chi connectivity index (χ4v) is 3.02. The second-order valence-corrected chi connectivity index (χ2v) is 5.36. The Balaban J connectivity index is 2.16. The van der Waals surface area contributed by atoms with Crippen LogP contribution in [0.5, 0.6) is 0 Å². The summed E-state index contributed by atoms with van der Waals surface area (Å²) in [7, 11) is 0. The van der Waals surface area contributed by atoms with Gasteiger partial charge < -0.3 is 4.74 Å². The van der Waals surface area contributed by atoms with Crippen molar-refractivity contribution < 1.29 is 4.74 Å². The Labute approximate surface area is 75.5 Å². The van der Waals surface area contributed by atoms with Gasteiger partial charge >= 0.3 is 0 Å². The van der Waals surface area contributed by atoms with E-state index in [1.54, 1.807) is 0 Å². The lowest BCUT2D eigenvalue weighted by molar-refractivity contribution is -0.00817. The lowest BCUT2D eigenvalue weighted by Gasteiger charge is -2.31. The molecule has 1 nitrogen and oxygen atoms in total. The molecule has 70 valence electrons. The number of ether oxygens (including phenoxy) is 1. The van der Waals surface area contributed by atoms with Crippen LogP contribution in [-0.4, -0.2) is 12.2 Å². The molecule has 2 aliphatic heterocycles. The summed E-state index contributed by atoms with van der Waals surface area (Å²) >= 11 is 0. The molecule has 2 fully saturated rings. The molecule has 0 amide bonds. The van der Waals surface area contributed by atoms with E-state index in [1.165, 1.54) is 25.7 Å². The van der Waals surface area contributed by atoms with E-state index in [0.29, 0.717) is 17.6 Å². The minimum atomic E-state index is 0.421. The van der Waals surface area contributed by atoms with Gasteiger partial charge in [-0.2, -0.15) is 0 Å². The van der Waals surface area contributed by atoms with Gasteiger partial charge in [0.15, 0.2) is 0 Å². The highest BCUT2D eigenvalue weighted by Gasteiger charge is 2.41. The first-order chi connectivity index (χ1) is 5.58. The van der Waals surface area contributed by atoms with Crippen LogP contribution in [0, 0.1) is 11.3 Å². The summed E-state index contributed by atoms with van der Waals surface area (Å²) in [4.78, 5) is 0. The fraction of sp³-hybridized carbons (Fsp3) is 1.00. The van der Waals surface area contributed by atoms with Crippen molar-refractivity contribution in [2.75, 3.05) is 0 Å². The molecule has 2 saturated heterocycles. The van der Waals surface area contributed by atoms with Crippen LogP contribution in [0.3, 0.4) is 0 Å². The maximum absolute atomic E-state index is 6.01. The molecule has 2 aliphatic rings. The van der Waals surface area contributed by atoms with Crippen molar-refractivity contribution >= 4 is 0 Å². The fourth-order valence-electron chi connectivity index (χ4n) is 3.02. The number of fused-ring (bicyclic) bond motifs is 2. The van der Waals surface area contributed by atoms with E-state index in [-0.39, 0.29) is 0 Å². The first-order valence-corrected chi connectivity index (χ1v) is 5.23. The van der Waals surface area contributed by atoms with Crippen LogP contribution >= 0.6 is 0 Å². The maximum atomic E-state index is 6.01. The number of rotatable bonds is 0. The normalized spacial score (nSPS) is 45.8. The van der Waals surface area contributed by atoms with Crippen molar-refractivity contribution in [2.45, 2.75) is 58.7 Å². The van der Waals surface area contributed by atoms with Gasteiger partial charge in [-0.3, -0.25) is 0 Å². The van der Waals surface area contributed by atoms with Crippen molar-refractivity contribution in [3.8, 4) is 0 Å². The summed E-state index contributed by atoms with van der Waals surface area (Å²) in [5, 5.41) is 0. The van der Waals surface area contributed by atoms with Gasteiger partial charge in [0.2, 0.25) is 0 Å². The van der Waals surface area contributed by atoms with Gasteiger partial charge in [-0.1, -0.05) is 20.8 Å². The van der Waals surface area contributed by atoms with Crippen molar-refractivity contribution in [1.29, 1.82) is 0 Å². The smallest absolute Gasteiger partial charge is 0.0630 e. The van der Waals surface area contributed by atoms with Crippen LogP contribution in [0.1, 0.15) is 46.5 Å². The molecule has 0 aliphatic carbocycles. The van der Waals surface area contributed by atoms with E-state index >= 15 is 0 Å². The number of hydrogen-bond acceptors (Lipinski definition) is 1. The van der Waals surface area contributed by atoms with Crippen LogP contribution in [-0.2, 0) is 4.74 Å². The predicted molar refractivity (Wildman–Crippen MR) is 50.1 cm³/mol. The summed E-state index contributed by atoms with van der Waals surface area (Å²) < 4.78 is 6.01. The van der Waals surface area contributed by atoms with Gasteiger partial charge in [0.05, 0.1) is 12.2 Å². The van der Waals surface area contributed by atoms with E-state index in [0.717, 1.165) is 5.92 Å². The minimum absolute atomic E-state index is 0.421. The molecule has 0 radical (unpaired) electrons. The zero-order chi connectivity index (χ0) is 8.77. The lowest BCUT2D eigenvalue weighted by atomic mass is 9.75. The van der Waals surface area contributed by atoms with Crippen molar-refractivity contribution in [1.82, 2.24) is 0 Å². The summed E-state index contributed by atoms with van der Waals surface area (Å²) in [5.41, 5.74) is 0.421. The van der Waals surface area contributed by atoms with Crippen molar-refractivity contribution in [3.05, 3.63) is 0 Å². The zero-order valence-electron chi connectivity index (χ0n) is 8.47. The molecule has 0 N–H and O–H groups in total. The SMILES string of the molecule is CC1CC2CCC(O2)C(C)(C)C1. The highest BCUT2D eigenvalue weighted by atomic mass is 16.5. The van der Waals surface area contributed by atoms with Gasteiger partial charge in [0.1, 0.15) is 0 Å². The Bertz CT molecular complexity index is 174. The molecule has 0 aromatic heterocycles. The molecular formula is C11H20O. The first-order valence-electron chi connectivity index (χ1n) is 5.23. The molecular weight excluding hydrogens is 148 g/mol. The molecule has 12 heavy (non-hydrogen) atoms. The Morgan fingerprint density at radius 3 is 2.75 bits per heavy atom. The quantitative estimate of drug-likeness (QED) is 0.540. The second kappa shape index (κ2) is 2.73. The molecule has 0 saturated carbocycles. The summed E-state index contributed by atoms with van der Waals surface area (Å²) in [6.45, 7) is 7.09. The van der Waals surface area contributed by atoms with Crippen LogP contribution in [0.25, 0.3) is 0 Å². The van der Waals surface area contributed by atoms with Crippen LogP contribution in [0.15, 0.2) is 0 Å². The first kappa shape index (κ1) is 8.55. The van der Waals surface area contributed by atoms with Crippen LogP contribution in [0.4, 0.5) is 0 Å². The second-order valence-electron chi connectivity index (χ2n) is 5.36. The highest BCUT2D eigenvalue weighted by Crippen LogP contribution is 2.44. The third kappa shape index (κ3) is 1.39. The van der Waals surface area contributed by atoms with E-state index in [4.69, 9.17) is 4.74 Å². The molecule has 3 unspecified atom stereocenters. The average molecular weight is 168 g/mol. The van der Waals surface area contributed by atoms with Crippen molar-refractivity contribution in [3.63, 3.8) is 0 Å². The molecule has 3 atom stereocenters. The van der Waals surface area contributed by atoms with Gasteiger partial charge in [-0.25, -0.2) is 0 Å². The molecule has 2 heterocycles. The summed E-state index contributed by atoms with van der Waals surface area (Å²) in [6.07, 6.45) is 6.37. The molecule has 0 aromatic rings. The summed E-state index contributed by atoms with van der Waals surface area (Å²) in [6, 6.07) is 0. The minimum Gasteiger partial charge on any atom is -0.374 e. The average Bonchev–Trinajstić information content (AvgIpc) is 2.29. The Morgan fingerprint density at radius 1 is 1.25 bits per heavy atom. The number of hydrogen-bond donors (Lipinski definition) is 0. The van der Waals surface area contributed by atoms with E-state index in [9.17, 15) is 0 Å². The van der Waals surface area contributed by atoms with Gasteiger partial charge in [-0.05, 0) is 37.0 Å². The molecule has 2 bridgehead atoms. The van der Waals surface area contributed by atoms with Crippen LogP contribution in [0.2, 0.25) is 0 Å². The third-order valence-corrected chi connectivity index (χ3v) is 3.52. The lowest BCUT2D eigenvalue weighted by Crippen LogP contribution is -2.28. The largest absolute Gasteiger partial charge is 0.374 e. The van der Waals surface area contributed by atoms with E-state index in [2.05, 4.69) is 20.8 Å². The predicted octanol–water partition coefficient (Wildman–Crippen LogP) is 2.99. The van der Waals surface area contributed by atoms with E-state index in [1.807, 2.05) is 0 Å². The molecule has 0 spiro atoms. The van der Waals surface area contributed by atoms with Crippen molar-refractivity contribution in [2.24, 2.45) is 11.3 Å². The van der Waals surface area contributed by atoms with E-state index < -0.39 is 0 Å². The Hall–Kier alpha value is -0.0400. The monoisotopic (exact) mass is 168 g/mol. The van der Waals surface area contributed by atoms with Gasteiger partial charge in [-0.15, -0.1) is 0 Å². The zero-order valence-corrected chi connectivity index (χ0v) is 8.47. The Morgan fingerprint density at radius 2 is 2.00 bits per heavy atom. The summed E-state index contributed by atoms with van der Waals surface area (Å²) in [5.74, 6) is 0.857. The standard InChI is InChI=1S/C11H20O/c1-8-6-9-4-5-10(12-9)11(2,3)7-8/h8-10H,4-7H2,1-3H3. The maximum Gasteiger partial charge on any atom is 0.0630 e. The molecule has 1 heteroatoms. The van der Waals surface area contributed by atoms with Crippen LogP contribution < -0.4 is 0 Å². The van der Waals surface area contributed by atoms with Gasteiger partial charge in [0.25, 0.3) is 0 Å². The third-order valence-electron chi connectivity index (χ3n) is 3.52. The Kier molecular flexibility index (Phi) is 1.95.